The number of aromatic nitrogens is 1. The van der Waals surface area contributed by atoms with Gasteiger partial charge in [-0.1, -0.05) is 35.1 Å². The summed E-state index contributed by atoms with van der Waals surface area (Å²) >= 11 is 10.9. The first kappa shape index (κ1) is 27.2. The topological polar surface area (TPSA) is 73.1 Å². The van der Waals surface area contributed by atoms with Gasteiger partial charge in [0.15, 0.2) is 16.3 Å². The van der Waals surface area contributed by atoms with Crippen molar-refractivity contribution in [3.8, 4) is 11.5 Å². The molecule has 7 nitrogen and oxygen atoms in total. The van der Waals surface area contributed by atoms with Crippen molar-refractivity contribution in [1.29, 1.82) is 0 Å². The largest absolute Gasteiger partial charge is 0.493 e. The number of ether oxygens (including phenoxy) is 2. The summed E-state index contributed by atoms with van der Waals surface area (Å²) in [5, 5.41) is 0.576. The Morgan fingerprint density at radius 3 is 2.46 bits per heavy atom. The summed E-state index contributed by atoms with van der Waals surface area (Å²) in [6.45, 7) is 6.80. The predicted molar refractivity (Wildman–Crippen MR) is 150 cm³/mol. The molecule has 1 aromatic heterocycles. The lowest BCUT2D eigenvalue weighted by molar-refractivity contribution is -0.127. The van der Waals surface area contributed by atoms with E-state index in [-0.39, 0.29) is 11.5 Å². The fraction of sp³-hybridized carbons (Fsp3) is 0.296. The third-order valence-corrected chi connectivity index (χ3v) is 8.07. The smallest absolute Gasteiger partial charge is 0.271 e. The van der Waals surface area contributed by atoms with Crippen LogP contribution < -0.4 is 24.4 Å². The van der Waals surface area contributed by atoms with Crippen LogP contribution in [0.2, 0.25) is 5.02 Å². The summed E-state index contributed by atoms with van der Waals surface area (Å²) < 4.78 is 13.7. The number of thiazole rings is 1. The van der Waals surface area contributed by atoms with Crippen molar-refractivity contribution >= 4 is 50.9 Å². The molecule has 0 unspecified atom stereocenters. The number of rotatable bonds is 7. The highest BCUT2D eigenvalue weighted by Crippen LogP contribution is 2.36. The summed E-state index contributed by atoms with van der Waals surface area (Å²) in [5.74, 6) is 0.973. The van der Waals surface area contributed by atoms with E-state index >= 15 is 0 Å². The highest BCUT2D eigenvalue weighted by atomic mass is 79.9. The summed E-state index contributed by atoms with van der Waals surface area (Å²) in [4.78, 5) is 34.5. The maximum absolute atomic E-state index is 13.9. The van der Waals surface area contributed by atoms with E-state index < -0.39 is 6.04 Å². The Balaban J connectivity index is 1.95. The Morgan fingerprint density at radius 1 is 1.19 bits per heavy atom. The lowest BCUT2D eigenvalue weighted by Crippen LogP contribution is -2.43. The molecule has 194 valence electrons. The second-order valence-electron chi connectivity index (χ2n) is 8.35. The molecule has 0 N–H and O–H groups in total. The van der Waals surface area contributed by atoms with Crippen molar-refractivity contribution in [2.75, 3.05) is 27.3 Å². The molecule has 37 heavy (non-hydrogen) atoms. The van der Waals surface area contributed by atoms with Crippen molar-refractivity contribution in [2.24, 2.45) is 4.99 Å². The molecular weight excluding hydrogens is 578 g/mol. The lowest BCUT2D eigenvalue weighted by Gasteiger charge is -2.29. The van der Waals surface area contributed by atoms with Gasteiger partial charge in [0.25, 0.3) is 11.5 Å². The van der Waals surface area contributed by atoms with Gasteiger partial charge in [0, 0.05) is 18.1 Å². The first-order valence-corrected chi connectivity index (χ1v) is 13.7. The molecule has 0 saturated heterocycles. The average Bonchev–Trinajstić information content (AvgIpc) is 3.18. The van der Waals surface area contributed by atoms with Gasteiger partial charge in [-0.3, -0.25) is 14.2 Å². The molecule has 0 fully saturated rings. The second-order valence-corrected chi connectivity index (χ2v) is 10.6. The number of nitrogens with zero attached hydrogens (tertiary/aromatic N) is 3. The molecule has 10 heteroatoms. The highest BCUT2D eigenvalue weighted by molar-refractivity contribution is 9.10. The van der Waals surface area contributed by atoms with E-state index in [4.69, 9.17) is 26.1 Å². The van der Waals surface area contributed by atoms with Crippen LogP contribution in [0.5, 0.6) is 11.5 Å². The molecule has 1 amide bonds. The summed E-state index contributed by atoms with van der Waals surface area (Å²) in [6, 6.07) is 10.3. The zero-order valence-electron chi connectivity index (χ0n) is 21.2. The maximum Gasteiger partial charge on any atom is 0.271 e. The molecule has 1 aliphatic rings. The summed E-state index contributed by atoms with van der Waals surface area (Å²) in [7, 11) is 3.13. The van der Waals surface area contributed by atoms with Crippen LogP contribution in [-0.4, -0.2) is 42.7 Å². The molecule has 0 radical (unpaired) electrons. The van der Waals surface area contributed by atoms with Gasteiger partial charge in [-0.2, -0.15) is 0 Å². The second kappa shape index (κ2) is 11.2. The Labute approximate surface area is 232 Å². The Kier molecular flexibility index (Phi) is 8.26. The average molecular weight is 605 g/mol. The number of hydrogen-bond donors (Lipinski definition) is 0. The van der Waals surface area contributed by atoms with Gasteiger partial charge < -0.3 is 14.4 Å². The van der Waals surface area contributed by atoms with Crippen LogP contribution in [0.25, 0.3) is 6.08 Å². The van der Waals surface area contributed by atoms with E-state index in [0.29, 0.717) is 54.7 Å². The summed E-state index contributed by atoms with van der Waals surface area (Å²) in [5.41, 5.74) is 2.40. The third-order valence-electron chi connectivity index (χ3n) is 6.24. The number of hydrogen-bond acceptors (Lipinski definition) is 6. The van der Waals surface area contributed by atoms with Gasteiger partial charge in [-0.15, -0.1) is 0 Å². The van der Waals surface area contributed by atoms with Gasteiger partial charge in [0.1, 0.15) is 0 Å². The van der Waals surface area contributed by atoms with E-state index in [9.17, 15) is 9.59 Å². The number of benzene rings is 2. The molecular formula is C27H27BrClN3O4S. The zero-order chi connectivity index (χ0) is 26.9. The van der Waals surface area contributed by atoms with E-state index in [2.05, 4.69) is 15.9 Å². The standard InChI is InChI=1S/C27H27BrClN3O4S/c1-6-31(7-2)26(34)22-15(3)30-27-32(23(22)17-8-10-18(29)11-9-17)25(33)21(37-27)14-16-12-19(28)24(36-5)20(13-16)35-4/h8-14,23H,6-7H2,1-5H3/b21-14+/t23-/m0/s1. The molecule has 4 rings (SSSR count). The summed E-state index contributed by atoms with van der Waals surface area (Å²) in [6.07, 6.45) is 1.79. The fourth-order valence-electron chi connectivity index (χ4n) is 4.41. The molecule has 0 saturated carbocycles. The number of methoxy groups -OCH3 is 2. The van der Waals surface area contributed by atoms with Crippen LogP contribution in [0.3, 0.4) is 0 Å². The van der Waals surface area contributed by atoms with Gasteiger partial charge in [-0.05, 0) is 78.2 Å². The van der Waals surface area contributed by atoms with Gasteiger partial charge in [0.2, 0.25) is 0 Å². The van der Waals surface area contributed by atoms with Crippen molar-refractivity contribution < 1.29 is 14.3 Å². The minimum Gasteiger partial charge on any atom is -0.493 e. The van der Waals surface area contributed by atoms with Gasteiger partial charge >= 0.3 is 0 Å². The van der Waals surface area contributed by atoms with Crippen LogP contribution in [-0.2, 0) is 4.79 Å². The number of carbonyl (C=O) groups is 1. The van der Waals surface area contributed by atoms with E-state index in [1.807, 2.05) is 39.0 Å². The van der Waals surface area contributed by atoms with Gasteiger partial charge in [0.05, 0.1) is 40.5 Å². The fourth-order valence-corrected chi connectivity index (χ4v) is 6.20. The number of halogens is 2. The predicted octanol–water partition coefficient (Wildman–Crippen LogP) is 4.54. The Hall–Kier alpha value is -2.88. The number of allylic oxidation sites excluding steroid dienone is 1. The van der Waals surface area contributed by atoms with Crippen LogP contribution in [0.15, 0.2) is 61.9 Å². The van der Waals surface area contributed by atoms with Crippen molar-refractivity contribution in [3.63, 3.8) is 0 Å². The molecule has 2 heterocycles. The van der Waals surface area contributed by atoms with Crippen molar-refractivity contribution in [1.82, 2.24) is 9.47 Å². The van der Waals surface area contributed by atoms with Crippen molar-refractivity contribution in [3.05, 3.63) is 88.0 Å². The monoisotopic (exact) mass is 603 g/mol. The number of amides is 1. The maximum atomic E-state index is 13.9. The minimum atomic E-state index is -0.624. The molecule has 2 aromatic carbocycles. The van der Waals surface area contributed by atoms with E-state index in [1.54, 1.807) is 48.0 Å². The van der Waals surface area contributed by atoms with Crippen LogP contribution >= 0.6 is 38.9 Å². The zero-order valence-corrected chi connectivity index (χ0v) is 24.3. The number of carbonyl (C=O) groups excluding carboxylic acids is 1. The lowest BCUT2D eigenvalue weighted by atomic mass is 9.94. The van der Waals surface area contributed by atoms with Crippen molar-refractivity contribution in [2.45, 2.75) is 26.8 Å². The highest BCUT2D eigenvalue weighted by Gasteiger charge is 2.34. The minimum absolute atomic E-state index is 0.135. The molecule has 1 atom stereocenters. The Morgan fingerprint density at radius 2 is 1.86 bits per heavy atom. The first-order valence-electron chi connectivity index (χ1n) is 11.7. The van der Waals surface area contributed by atoms with Gasteiger partial charge in [-0.25, -0.2) is 4.99 Å². The quantitative estimate of drug-likeness (QED) is 0.397. The van der Waals surface area contributed by atoms with E-state index in [0.717, 1.165) is 11.1 Å². The first-order chi connectivity index (χ1) is 17.7. The molecule has 0 bridgehead atoms. The number of fused-ring (bicyclic) bond motifs is 1. The number of likely N-dealkylation sites (N-methyl/N-ethyl adjacent to an activating group) is 1. The van der Waals surface area contributed by atoms with E-state index in [1.165, 1.54) is 11.3 Å². The Bertz CT molecular complexity index is 1560. The molecule has 0 spiro atoms. The molecule has 1 aliphatic heterocycles. The molecule has 0 aliphatic carbocycles. The third kappa shape index (κ3) is 5.12. The van der Waals surface area contributed by atoms with Crippen LogP contribution in [0.4, 0.5) is 0 Å². The molecule has 3 aromatic rings. The van der Waals surface area contributed by atoms with Crippen LogP contribution in [0, 0.1) is 0 Å². The normalized spacial score (nSPS) is 15.3. The SMILES string of the molecule is CCN(CC)C(=O)C1=C(C)N=c2s/c(=C/c3cc(Br)c(OC)c(OC)c3)c(=O)n2[C@H]1c1ccc(Cl)cc1. The van der Waals surface area contributed by atoms with Crippen LogP contribution in [0.1, 0.15) is 37.9 Å².